The van der Waals surface area contributed by atoms with Crippen LogP contribution in [0.4, 0.5) is 0 Å². The van der Waals surface area contributed by atoms with Crippen molar-refractivity contribution in [2.45, 2.75) is 32.1 Å². The first-order valence-corrected chi connectivity index (χ1v) is 5.99. The zero-order chi connectivity index (χ0) is 11.4. The third-order valence-corrected chi connectivity index (χ3v) is 3.53. The first-order valence-electron chi connectivity index (χ1n) is 5.99. The number of hydrogen-bond donors (Lipinski definition) is 0. The van der Waals surface area contributed by atoms with Gasteiger partial charge in [-0.3, -0.25) is 4.98 Å². The number of nitrogens with zero attached hydrogens (tertiary/aromatic N) is 2. The quantitative estimate of drug-likeness (QED) is 0.708. The summed E-state index contributed by atoms with van der Waals surface area (Å²) in [6.07, 6.45) is 12.8. The maximum atomic E-state index is 4.09. The standard InChI is InChI=1S/C14H19N2/c1-3-14(13-5-9-15-10-6-13)7-11-16(4-2)12-8-14/h5-7,9-12H,3-4,8H2,1-2H3/q+1. The molecule has 2 nitrogen and oxygen atoms in total. The van der Waals surface area contributed by atoms with Crippen LogP contribution in [0.3, 0.4) is 0 Å². The van der Waals surface area contributed by atoms with Crippen LogP contribution < -0.4 is 0 Å². The largest absolute Gasteiger partial charge is 0.265 e. The number of rotatable bonds is 3. The van der Waals surface area contributed by atoms with Crippen LogP contribution in [-0.4, -0.2) is 22.3 Å². The lowest BCUT2D eigenvalue weighted by atomic mass is 9.75. The first-order chi connectivity index (χ1) is 7.80. The SMILES string of the molecule is CC[N+]1=CCC(CC)(c2ccncc2)C=C1. The molecule has 0 radical (unpaired) electrons. The summed E-state index contributed by atoms with van der Waals surface area (Å²) >= 11 is 0. The van der Waals surface area contributed by atoms with E-state index in [0.717, 1.165) is 19.4 Å². The number of pyridine rings is 1. The van der Waals surface area contributed by atoms with E-state index in [2.05, 4.69) is 54.0 Å². The predicted molar refractivity (Wildman–Crippen MR) is 66.8 cm³/mol. The second-order valence-corrected chi connectivity index (χ2v) is 4.28. The second-order valence-electron chi connectivity index (χ2n) is 4.28. The molecular weight excluding hydrogens is 196 g/mol. The van der Waals surface area contributed by atoms with Crippen molar-refractivity contribution in [3.63, 3.8) is 0 Å². The summed E-state index contributed by atoms with van der Waals surface area (Å²) in [5.74, 6) is 0. The van der Waals surface area contributed by atoms with Crippen molar-refractivity contribution in [3.8, 4) is 0 Å². The summed E-state index contributed by atoms with van der Waals surface area (Å²) in [4.78, 5) is 4.09. The Hall–Kier alpha value is -1.44. The summed E-state index contributed by atoms with van der Waals surface area (Å²) in [7, 11) is 0. The van der Waals surface area contributed by atoms with E-state index < -0.39 is 0 Å². The van der Waals surface area contributed by atoms with Gasteiger partial charge in [0.15, 0.2) is 6.20 Å². The fraction of sp³-hybridized carbons (Fsp3) is 0.429. The third-order valence-electron chi connectivity index (χ3n) is 3.53. The van der Waals surface area contributed by atoms with Crippen molar-refractivity contribution in [3.05, 3.63) is 42.4 Å². The molecule has 0 bridgehead atoms. The van der Waals surface area contributed by atoms with Gasteiger partial charge in [-0.1, -0.05) is 6.92 Å². The van der Waals surface area contributed by atoms with Crippen molar-refractivity contribution in [1.82, 2.24) is 4.98 Å². The maximum absolute atomic E-state index is 4.09. The van der Waals surface area contributed by atoms with Gasteiger partial charge in [0.1, 0.15) is 12.8 Å². The van der Waals surface area contributed by atoms with Crippen LogP contribution in [0.5, 0.6) is 0 Å². The van der Waals surface area contributed by atoms with Gasteiger partial charge in [-0.25, -0.2) is 4.58 Å². The lowest BCUT2D eigenvalue weighted by molar-refractivity contribution is -0.451. The summed E-state index contributed by atoms with van der Waals surface area (Å²) in [6.45, 7) is 5.47. The lowest BCUT2D eigenvalue weighted by Crippen LogP contribution is -2.28. The van der Waals surface area contributed by atoms with Crippen LogP contribution >= 0.6 is 0 Å². The molecule has 2 heteroatoms. The minimum absolute atomic E-state index is 0.175. The maximum Gasteiger partial charge on any atom is 0.165 e. The Kier molecular flexibility index (Phi) is 3.18. The molecule has 0 fully saturated rings. The monoisotopic (exact) mass is 215 g/mol. The Bertz CT molecular complexity index is 406. The number of aromatic nitrogens is 1. The minimum Gasteiger partial charge on any atom is -0.265 e. The van der Waals surface area contributed by atoms with Gasteiger partial charge in [-0.05, 0) is 37.1 Å². The number of hydrogen-bond acceptors (Lipinski definition) is 1. The van der Waals surface area contributed by atoms with Gasteiger partial charge in [-0.15, -0.1) is 0 Å². The van der Waals surface area contributed by atoms with E-state index in [-0.39, 0.29) is 5.41 Å². The van der Waals surface area contributed by atoms with Gasteiger partial charge < -0.3 is 0 Å². The summed E-state index contributed by atoms with van der Waals surface area (Å²) in [6, 6.07) is 4.26. The highest BCUT2D eigenvalue weighted by Gasteiger charge is 2.31. The second kappa shape index (κ2) is 4.60. The lowest BCUT2D eigenvalue weighted by Gasteiger charge is -2.28. The van der Waals surface area contributed by atoms with Crippen molar-refractivity contribution < 1.29 is 4.58 Å². The van der Waals surface area contributed by atoms with Crippen LogP contribution in [0, 0.1) is 0 Å². The molecule has 2 rings (SSSR count). The molecule has 1 aromatic heterocycles. The average molecular weight is 215 g/mol. The first kappa shape index (κ1) is 11.1. The van der Waals surface area contributed by atoms with E-state index in [1.165, 1.54) is 5.56 Å². The molecule has 0 amide bonds. The molecule has 0 saturated carbocycles. The fourth-order valence-electron chi connectivity index (χ4n) is 2.25. The van der Waals surface area contributed by atoms with Gasteiger partial charge >= 0.3 is 0 Å². The van der Waals surface area contributed by atoms with E-state index in [9.17, 15) is 0 Å². The molecule has 1 aromatic rings. The van der Waals surface area contributed by atoms with Gasteiger partial charge in [0.05, 0.1) is 0 Å². The van der Waals surface area contributed by atoms with Gasteiger partial charge in [0.2, 0.25) is 0 Å². The van der Waals surface area contributed by atoms with E-state index in [1.54, 1.807) is 0 Å². The van der Waals surface area contributed by atoms with Crippen molar-refractivity contribution in [2.75, 3.05) is 6.54 Å². The molecule has 1 aliphatic heterocycles. The molecule has 0 saturated heterocycles. The molecule has 0 spiro atoms. The Morgan fingerprint density at radius 3 is 2.56 bits per heavy atom. The van der Waals surface area contributed by atoms with Gasteiger partial charge in [0.25, 0.3) is 0 Å². The Balaban J connectivity index is 2.31. The highest BCUT2D eigenvalue weighted by molar-refractivity contribution is 5.58. The Labute approximate surface area is 97.3 Å². The average Bonchev–Trinajstić information content (AvgIpc) is 2.40. The van der Waals surface area contributed by atoms with E-state index >= 15 is 0 Å². The molecule has 1 atom stereocenters. The highest BCUT2D eigenvalue weighted by Crippen LogP contribution is 2.33. The van der Waals surface area contributed by atoms with E-state index in [4.69, 9.17) is 0 Å². The van der Waals surface area contributed by atoms with E-state index in [0.29, 0.717) is 0 Å². The van der Waals surface area contributed by atoms with Gasteiger partial charge in [-0.2, -0.15) is 0 Å². The molecule has 0 aliphatic carbocycles. The normalized spacial score (nSPS) is 24.2. The van der Waals surface area contributed by atoms with Gasteiger partial charge in [0, 0.05) is 24.2 Å². The van der Waals surface area contributed by atoms with Crippen LogP contribution in [-0.2, 0) is 5.41 Å². The molecule has 1 unspecified atom stereocenters. The van der Waals surface area contributed by atoms with Crippen molar-refractivity contribution in [1.29, 1.82) is 0 Å². The zero-order valence-corrected chi connectivity index (χ0v) is 10.1. The molecule has 1 aliphatic rings. The van der Waals surface area contributed by atoms with Crippen LogP contribution in [0.1, 0.15) is 32.3 Å². The smallest absolute Gasteiger partial charge is 0.165 e. The van der Waals surface area contributed by atoms with Crippen molar-refractivity contribution >= 4 is 6.21 Å². The zero-order valence-electron chi connectivity index (χ0n) is 10.1. The van der Waals surface area contributed by atoms with Crippen LogP contribution in [0.2, 0.25) is 0 Å². The molecule has 2 heterocycles. The summed E-state index contributed by atoms with van der Waals surface area (Å²) in [5.41, 5.74) is 1.54. The van der Waals surface area contributed by atoms with E-state index in [1.807, 2.05) is 12.4 Å². The van der Waals surface area contributed by atoms with Crippen LogP contribution in [0.15, 0.2) is 36.8 Å². The predicted octanol–water partition coefficient (Wildman–Crippen LogP) is 2.75. The highest BCUT2D eigenvalue weighted by atomic mass is 15.0. The summed E-state index contributed by atoms with van der Waals surface area (Å²) < 4.78 is 2.25. The molecule has 0 aromatic carbocycles. The van der Waals surface area contributed by atoms with Crippen molar-refractivity contribution in [2.24, 2.45) is 0 Å². The Morgan fingerprint density at radius 2 is 2.06 bits per heavy atom. The molecule has 84 valence electrons. The molecule has 0 N–H and O–H groups in total. The molecule has 16 heavy (non-hydrogen) atoms. The Morgan fingerprint density at radius 1 is 1.31 bits per heavy atom. The molecular formula is C14H19N2+. The topological polar surface area (TPSA) is 15.9 Å². The van der Waals surface area contributed by atoms with Crippen LogP contribution in [0.25, 0.3) is 0 Å². The number of allylic oxidation sites excluding steroid dienone is 1. The summed E-state index contributed by atoms with van der Waals surface area (Å²) in [5, 5.41) is 0. The minimum atomic E-state index is 0.175. The fourth-order valence-corrected chi connectivity index (χ4v) is 2.25. The third kappa shape index (κ3) is 1.92.